The van der Waals surface area contributed by atoms with E-state index in [1.165, 1.54) is 0 Å². The fraction of sp³-hybridized carbons (Fsp3) is 0.533. The first-order valence-corrected chi connectivity index (χ1v) is 8.89. The van der Waals surface area contributed by atoms with Crippen LogP contribution in [-0.4, -0.2) is 38.5 Å². The van der Waals surface area contributed by atoms with Crippen LogP contribution in [0, 0.1) is 0 Å². The van der Waals surface area contributed by atoms with Crippen LogP contribution in [0.3, 0.4) is 0 Å². The van der Waals surface area contributed by atoms with Crippen LogP contribution in [0.25, 0.3) is 0 Å². The summed E-state index contributed by atoms with van der Waals surface area (Å²) < 4.78 is 29.8. The Kier molecular flexibility index (Phi) is 5.00. The summed E-state index contributed by atoms with van der Waals surface area (Å²) in [6.07, 6.45) is 0.440. The van der Waals surface area contributed by atoms with Crippen molar-refractivity contribution < 1.29 is 17.9 Å². The predicted octanol–water partition coefficient (Wildman–Crippen LogP) is 1.24. The molecule has 1 N–H and O–H groups in total. The maximum Gasteiger partial charge on any atom is 0.321 e. The van der Waals surface area contributed by atoms with E-state index < -0.39 is 26.8 Å². The molecule has 116 valence electrons. The standard InChI is InChI=1S/C15H21NO4S/c1-3-16-15-12-8-6-5-7-11(12)9-13(15)21(18,19)10-14(17)20-4-2/h5-8,13,15-16H,3-4,9-10H2,1-2H3. The summed E-state index contributed by atoms with van der Waals surface area (Å²) in [4.78, 5) is 11.5. The van der Waals surface area contributed by atoms with Gasteiger partial charge in [-0.15, -0.1) is 0 Å². The maximum atomic E-state index is 12.5. The van der Waals surface area contributed by atoms with Crippen molar-refractivity contribution >= 4 is 15.8 Å². The Hall–Kier alpha value is -1.40. The largest absolute Gasteiger partial charge is 0.465 e. The highest BCUT2D eigenvalue weighted by atomic mass is 32.2. The third kappa shape index (κ3) is 3.44. The predicted molar refractivity (Wildman–Crippen MR) is 80.8 cm³/mol. The molecule has 0 saturated carbocycles. The highest BCUT2D eigenvalue weighted by Gasteiger charge is 2.41. The van der Waals surface area contributed by atoms with Crippen LogP contribution in [0.4, 0.5) is 0 Å². The summed E-state index contributed by atoms with van der Waals surface area (Å²) in [6, 6.07) is 7.44. The number of sulfone groups is 1. The van der Waals surface area contributed by atoms with E-state index in [0.717, 1.165) is 11.1 Å². The van der Waals surface area contributed by atoms with E-state index in [1.54, 1.807) is 6.92 Å². The monoisotopic (exact) mass is 311 g/mol. The molecule has 1 aliphatic rings. The number of carbonyl (C=O) groups is 1. The molecule has 6 heteroatoms. The van der Waals surface area contributed by atoms with Gasteiger partial charge >= 0.3 is 5.97 Å². The number of rotatable bonds is 6. The minimum atomic E-state index is -3.56. The molecule has 0 saturated heterocycles. The molecule has 1 aromatic carbocycles. The molecule has 0 spiro atoms. The van der Waals surface area contributed by atoms with Crippen LogP contribution < -0.4 is 5.32 Å². The van der Waals surface area contributed by atoms with Crippen molar-refractivity contribution in [2.75, 3.05) is 18.9 Å². The fourth-order valence-electron chi connectivity index (χ4n) is 2.83. The zero-order valence-corrected chi connectivity index (χ0v) is 13.2. The highest BCUT2D eigenvalue weighted by molar-refractivity contribution is 7.92. The third-order valence-electron chi connectivity index (χ3n) is 3.69. The van der Waals surface area contributed by atoms with E-state index in [1.807, 2.05) is 31.2 Å². The van der Waals surface area contributed by atoms with Gasteiger partial charge in [0, 0.05) is 6.04 Å². The topological polar surface area (TPSA) is 72.5 Å². The summed E-state index contributed by atoms with van der Waals surface area (Å²) >= 11 is 0. The molecule has 2 atom stereocenters. The van der Waals surface area contributed by atoms with Crippen molar-refractivity contribution in [3.63, 3.8) is 0 Å². The van der Waals surface area contributed by atoms with Crippen molar-refractivity contribution in [3.05, 3.63) is 35.4 Å². The SMILES string of the molecule is CCNC1c2ccccc2CC1S(=O)(=O)CC(=O)OCC. The van der Waals surface area contributed by atoms with Gasteiger partial charge < -0.3 is 10.1 Å². The number of ether oxygens (including phenoxy) is 1. The molecule has 5 nitrogen and oxygen atoms in total. The van der Waals surface area contributed by atoms with Gasteiger partial charge in [-0.1, -0.05) is 31.2 Å². The van der Waals surface area contributed by atoms with Gasteiger partial charge in [0.2, 0.25) is 0 Å². The van der Waals surface area contributed by atoms with E-state index in [9.17, 15) is 13.2 Å². The molecule has 2 unspecified atom stereocenters. The maximum absolute atomic E-state index is 12.5. The van der Waals surface area contributed by atoms with Crippen LogP contribution in [0.1, 0.15) is 31.0 Å². The second-order valence-corrected chi connectivity index (χ2v) is 7.31. The number of esters is 1. The van der Waals surface area contributed by atoms with Crippen LogP contribution in [-0.2, 0) is 25.8 Å². The Bertz CT molecular complexity index is 612. The first-order valence-electron chi connectivity index (χ1n) is 7.18. The van der Waals surface area contributed by atoms with Gasteiger partial charge in [0.15, 0.2) is 9.84 Å². The van der Waals surface area contributed by atoms with Crippen molar-refractivity contribution in [2.45, 2.75) is 31.6 Å². The van der Waals surface area contributed by atoms with Gasteiger partial charge in [-0.3, -0.25) is 4.79 Å². The van der Waals surface area contributed by atoms with E-state index in [2.05, 4.69) is 5.32 Å². The Labute approximate surface area is 125 Å². The summed E-state index contributed by atoms with van der Waals surface area (Å²) in [7, 11) is -3.56. The second-order valence-electron chi connectivity index (χ2n) is 5.09. The first kappa shape index (κ1) is 16.0. The molecule has 0 aliphatic heterocycles. The second kappa shape index (κ2) is 6.58. The zero-order chi connectivity index (χ0) is 15.5. The molecule has 0 heterocycles. The normalized spacial score (nSPS) is 21.0. The van der Waals surface area contributed by atoms with Crippen LogP contribution in [0.5, 0.6) is 0 Å². The van der Waals surface area contributed by atoms with Gasteiger partial charge in [-0.25, -0.2) is 8.42 Å². The smallest absolute Gasteiger partial charge is 0.321 e. The lowest BCUT2D eigenvalue weighted by Gasteiger charge is -2.21. The quantitative estimate of drug-likeness (QED) is 0.800. The molecule has 0 amide bonds. The minimum Gasteiger partial charge on any atom is -0.465 e. The van der Waals surface area contributed by atoms with Crippen molar-refractivity contribution in [2.24, 2.45) is 0 Å². The number of fused-ring (bicyclic) bond motifs is 1. The Balaban J connectivity index is 2.25. The Morgan fingerprint density at radius 1 is 1.33 bits per heavy atom. The van der Waals surface area contributed by atoms with Crippen LogP contribution in [0.2, 0.25) is 0 Å². The first-order chi connectivity index (χ1) is 9.99. The average Bonchev–Trinajstić information content (AvgIpc) is 2.79. The highest BCUT2D eigenvalue weighted by Crippen LogP contribution is 2.35. The molecule has 0 aromatic heterocycles. The summed E-state index contributed by atoms with van der Waals surface area (Å²) in [5.74, 6) is -1.23. The molecule has 1 aliphatic carbocycles. The zero-order valence-electron chi connectivity index (χ0n) is 12.3. The van der Waals surface area contributed by atoms with Crippen molar-refractivity contribution in [1.82, 2.24) is 5.32 Å². The van der Waals surface area contributed by atoms with Crippen molar-refractivity contribution in [1.29, 1.82) is 0 Å². The lowest BCUT2D eigenvalue weighted by molar-refractivity contribution is -0.139. The van der Waals surface area contributed by atoms with E-state index in [-0.39, 0.29) is 12.6 Å². The number of benzene rings is 1. The van der Waals surface area contributed by atoms with E-state index in [0.29, 0.717) is 13.0 Å². The lowest BCUT2D eigenvalue weighted by atomic mass is 10.1. The fourth-order valence-corrected chi connectivity index (χ4v) is 4.54. The summed E-state index contributed by atoms with van der Waals surface area (Å²) in [6.45, 7) is 4.47. The lowest BCUT2D eigenvalue weighted by Crippen LogP contribution is -2.37. The van der Waals surface area contributed by atoms with Crippen molar-refractivity contribution in [3.8, 4) is 0 Å². The minimum absolute atomic E-state index is 0.190. The molecular formula is C15H21NO4S. The molecule has 1 aromatic rings. The molecule has 2 rings (SSSR count). The van der Waals surface area contributed by atoms with Gasteiger partial charge in [0.1, 0.15) is 5.75 Å². The van der Waals surface area contributed by atoms with Gasteiger partial charge in [-0.05, 0) is 31.0 Å². The molecule has 0 fully saturated rings. The van der Waals surface area contributed by atoms with Gasteiger partial charge in [-0.2, -0.15) is 0 Å². The van der Waals surface area contributed by atoms with Crippen LogP contribution in [0.15, 0.2) is 24.3 Å². The Morgan fingerprint density at radius 3 is 2.71 bits per heavy atom. The number of carbonyl (C=O) groups excluding carboxylic acids is 1. The molecule has 0 radical (unpaired) electrons. The summed E-state index contributed by atoms with van der Waals surface area (Å²) in [5, 5.41) is 2.62. The van der Waals surface area contributed by atoms with Gasteiger partial charge in [0.05, 0.1) is 11.9 Å². The molecular weight excluding hydrogens is 290 g/mol. The molecule has 0 bridgehead atoms. The van der Waals surface area contributed by atoms with E-state index in [4.69, 9.17) is 4.74 Å². The third-order valence-corrected chi connectivity index (χ3v) is 5.69. The molecule has 21 heavy (non-hydrogen) atoms. The summed E-state index contributed by atoms with van der Waals surface area (Å²) in [5.41, 5.74) is 2.04. The Morgan fingerprint density at radius 2 is 2.05 bits per heavy atom. The van der Waals surface area contributed by atoms with Crippen LogP contribution >= 0.6 is 0 Å². The number of hydrogen-bond donors (Lipinski definition) is 1. The van der Waals surface area contributed by atoms with Gasteiger partial charge in [0.25, 0.3) is 0 Å². The number of hydrogen-bond acceptors (Lipinski definition) is 5. The van der Waals surface area contributed by atoms with E-state index >= 15 is 0 Å². The number of nitrogens with one attached hydrogen (secondary N) is 1. The average molecular weight is 311 g/mol.